The standard InChI is InChI=1S/C17H32O3Si/c1-4-13-18-21(19-14-5-2,20-15-6-3)16-9-12-17-10-7-8-11-17/h7-8,10H,4-6,9,11-16H2,1-3H3. The average Bonchev–Trinajstić information content (AvgIpc) is 3.01. The summed E-state index contributed by atoms with van der Waals surface area (Å²) < 4.78 is 18.3. The molecule has 21 heavy (non-hydrogen) atoms. The van der Waals surface area contributed by atoms with Gasteiger partial charge in [-0.1, -0.05) is 44.6 Å². The Kier molecular flexibility index (Phi) is 9.92. The van der Waals surface area contributed by atoms with Crippen LogP contribution in [0, 0.1) is 0 Å². The fourth-order valence-electron chi connectivity index (χ4n) is 2.32. The van der Waals surface area contributed by atoms with Crippen molar-refractivity contribution in [2.75, 3.05) is 19.8 Å². The van der Waals surface area contributed by atoms with Gasteiger partial charge in [0.15, 0.2) is 0 Å². The second-order valence-corrected chi connectivity index (χ2v) is 8.27. The molecule has 0 aromatic rings. The number of hydrogen-bond acceptors (Lipinski definition) is 3. The van der Waals surface area contributed by atoms with Gasteiger partial charge >= 0.3 is 8.80 Å². The first-order chi connectivity index (χ1) is 10.3. The molecule has 0 unspecified atom stereocenters. The van der Waals surface area contributed by atoms with Crippen molar-refractivity contribution in [1.82, 2.24) is 0 Å². The second kappa shape index (κ2) is 11.2. The van der Waals surface area contributed by atoms with Crippen LogP contribution in [0.3, 0.4) is 0 Å². The summed E-state index contributed by atoms with van der Waals surface area (Å²) in [6.45, 7) is 8.62. The van der Waals surface area contributed by atoms with Crippen LogP contribution in [0.1, 0.15) is 59.3 Å². The molecule has 0 amide bonds. The molecule has 1 aliphatic rings. The van der Waals surface area contributed by atoms with Crippen molar-refractivity contribution in [1.29, 1.82) is 0 Å². The first-order valence-electron chi connectivity index (χ1n) is 8.52. The van der Waals surface area contributed by atoms with E-state index in [0.717, 1.165) is 64.4 Å². The zero-order valence-corrected chi connectivity index (χ0v) is 15.0. The lowest BCUT2D eigenvalue weighted by atomic mass is 10.1. The Labute approximate surface area is 131 Å². The van der Waals surface area contributed by atoms with Gasteiger partial charge in [0.25, 0.3) is 0 Å². The average molecular weight is 313 g/mol. The predicted octanol–water partition coefficient (Wildman–Crippen LogP) is 4.87. The van der Waals surface area contributed by atoms with Crippen LogP contribution in [0.4, 0.5) is 0 Å². The van der Waals surface area contributed by atoms with Crippen LogP contribution in [0.15, 0.2) is 23.8 Å². The van der Waals surface area contributed by atoms with E-state index in [4.69, 9.17) is 13.3 Å². The van der Waals surface area contributed by atoms with Gasteiger partial charge in [0.2, 0.25) is 0 Å². The molecule has 4 heteroatoms. The molecule has 0 spiro atoms. The molecule has 0 heterocycles. The highest BCUT2D eigenvalue weighted by molar-refractivity contribution is 6.60. The zero-order valence-electron chi connectivity index (χ0n) is 14.0. The first kappa shape index (κ1) is 18.6. The van der Waals surface area contributed by atoms with Crippen LogP contribution in [0.25, 0.3) is 0 Å². The monoisotopic (exact) mass is 312 g/mol. The minimum atomic E-state index is -2.48. The minimum Gasteiger partial charge on any atom is -0.373 e. The lowest BCUT2D eigenvalue weighted by Gasteiger charge is -2.29. The summed E-state index contributed by atoms with van der Waals surface area (Å²) >= 11 is 0. The molecule has 0 atom stereocenters. The van der Waals surface area contributed by atoms with Crippen LogP contribution in [-0.2, 0) is 13.3 Å². The Balaban J connectivity index is 2.51. The second-order valence-electron chi connectivity index (χ2n) is 5.54. The van der Waals surface area contributed by atoms with Crippen molar-refractivity contribution >= 4 is 8.80 Å². The lowest BCUT2D eigenvalue weighted by molar-refractivity contribution is 0.0588. The van der Waals surface area contributed by atoms with Crippen LogP contribution < -0.4 is 0 Å². The third kappa shape index (κ3) is 7.41. The highest BCUT2D eigenvalue weighted by Crippen LogP contribution is 2.24. The third-order valence-corrected chi connectivity index (χ3v) is 6.30. The Morgan fingerprint density at radius 1 is 0.952 bits per heavy atom. The maximum atomic E-state index is 6.11. The highest BCUT2D eigenvalue weighted by Gasteiger charge is 2.40. The molecule has 1 aliphatic carbocycles. The molecule has 0 aromatic carbocycles. The van der Waals surface area contributed by atoms with E-state index < -0.39 is 8.80 Å². The van der Waals surface area contributed by atoms with Crippen molar-refractivity contribution in [2.24, 2.45) is 0 Å². The Hall–Kier alpha value is -0.423. The van der Waals surface area contributed by atoms with Crippen molar-refractivity contribution < 1.29 is 13.3 Å². The van der Waals surface area contributed by atoms with Crippen molar-refractivity contribution in [3.05, 3.63) is 23.8 Å². The number of allylic oxidation sites excluding steroid dienone is 4. The fraction of sp³-hybridized carbons (Fsp3) is 0.765. The zero-order chi connectivity index (χ0) is 15.4. The molecular formula is C17H32O3Si. The molecule has 0 aliphatic heterocycles. The summed E-state index contributed by atoms with van der Waals surface area (Å²) in [6, 6.07) is 0.935. The Morgan fingerprint density at radius 2 is 1.52 bits per heavy atom. The van der Waals surface area contributed by atoms with E-state index in [0.29, 0.717) is 0 Å². The van der Waals surface area contributed by atoms with Crippen molar-refractivity contribution in [2.45, 2.75) is 65.3 Å². The molecule has 122 valence electrons. The smallest absolute Gasteiger partial charge is 0.373 e. The van der Waals surface area contributed by atoms with Gasteiger partial charge in [-0.05, 0) is 38.5 Å². The van der Waals surface area contributed by atoms with Crippen LogP contribution in [0.2, 0.25) is 6.04 Å². The first-order valence-corrected chi connectivity index (χ1v) is 10.5. The van der Waals surface area contributed by atoms with E-state index in [9.17, 15) is 0 Å². The van der Waals surface area contributed by atoms with Gasteiger partial charge in [-0.2, -0.15) is 0 Å². The normalized spacial score (nSPS) is 14.7. The summed E-state index contributed by atoms with van der Waals surface area (Å²) in [4.78, 5) is 0. The minimum absolute atomic E-state index is 0.740. The van der Waals surface area contributed by atoms with E-state index in [-0.39, 0.29) is 0 Å². The number of hydrogen-bond donors (Lipinski definition) is 0. The molecule has 0 N–H and O–H groups in total. The molecule has 0 radical (unpaired) electrons. The molecule has 3 nitrogen and oxygen atoms in total. The SMILES string of the molecule is CCCO[Si](CCCC1=CC=CC1)(OCCC)OCCC. The van der Waals surface area contributed by atoms with Crippen molar-refractivity contribution in [3.8, 4) is 0 Å². The van der Waals surface area contributed by atoms with E-state index >= 15 is 0 Å². The molecule has 0 fully saturated rings. The summed E-state index contributed by atoms with van der Waals surface area (Å²) in [7, 11) is -2.48. The van der Waals surface area contributed by atoms with Gasteiger partial charge in [0.1, 0.15) is 0 Å². The van der Waals surface area contributed by atoms with E-state index in [1.807, 2.05) is 0 Å². The summed E-state index contributed by atoms with van der Waals surface area (Å²) in [6.07, 6.45) is 13.0. The van der Waals surface area contributed by atoms with E-state index in [2.05, 4.69) is 39.0 Å². The maximum Gasteiger partial charge on any atom is 0.500 e. The van der Waals surface area contributed by atoms with Gasteiger partial charge in [0, 0.05) is 25.9 Å². The Morgan fingerprint density at radius 3 is 1.95 bits per heavy atom. The Bertz CT molecular complexity index is 304. The van der Waals surface area contributed by atoms with Crippen LogP contribution in [0.5, 0.6) is 0 Å². The molecular weight excluding hydrogens is 280 g/mol. The molecule has 0 bridgehead atoms. The lowest BCUT2D eigenvalue weighted by Crippen LogP contribution is -2.46. The van der Waals surface area contributed by atoms with Gasteiger partial charge in [-0.25, -0.2) is 0 Å². The molecule has 1 rings (SSSR count). The quantitative estimate of drug-likeness (QED) is 0.454. The van der Waals surface area contributed by atoms with Crippen LogP contribution >= 0.6 is 0 Å². The largest absolute Gasteiger partial charge is 0.500 e. The predicted molar refractivity (Wildman–Crippen MR) is 90.4 cm³/mol. The van der Waals surface area contributed by atoms with E-state index in [1.165, 1.54) is 5.57 Å². The van der Waals surface area contributed by atoms with Gasteiger partial charge < -0.3 is 13.3 Å². The third-order valence-electron chi connectivity index (χ3n) is 3.41. The maximum absolute atomic E-state index is 6.11. The van der Waals surface area contributed by atoms with Gasteiger partial charge in [-0.15, -0.1) is 0 Å². The van der Waals surface area contributed by atoms with Gasteiger partial charge in [-0.3, -0.25) is 0 Å². The number of rotatable bonds is 13. The van der Waals surface area contributed by atoms with E-state index in [1.54, 1.807) is 0 Å². The molecule has 0 saturated heterocycles. The molecule has 0 aromatic heterocycles. The molecule has 0 saturated carbocycles. The summed E-state index contributed by atoms with van der Waals surface area (Å²) in [5.41, 5.74) is 1.51. The highest BCUT2D eigenvalue weighted by atomic mass is 28.4. The van der Waals surface area contributed by atoms with Crippen molar-refractivity contribution in [3.63, 3.8) is 0 Å². The van der Waals surface area contributed by atoms with Gasteiger partial charge in [0.05, 0.1) is 0 Å². The summed E-state index contributed by atoms with van der Waals surface area (Å²) in [5.74, 6) is 0. The van der Waals surface area contributed by atoms with Crippen LogP contribution in [-0.4, -0.2) is 28.6 Å². The fourth-order valence-corrected chi connectivity index (χ4v) is 5.16. The topological polar surface area (TPSA) is 27.7 Å². The summed E-state index contributed by atoms with van der Waals surface area (Å²) in [5, 5.41) is 0.